The predicted octanol–water partition coefficient (Wildman–Crippen LogP) is 7.16. The largest absolute Gasteiger partial charge is 0.492 e. The van der Waals surface area contributed by atoms with Gasteiger partial charge < -0.3 is 14.2 Å². The Morgan fingerprint density at radius 1 is 1.09 bits per heavy atom. The Hall–Kier alpha value is -2.21. The lowest BCUT2D eigenvalue weighted by atomic mass is 10.1. The summed E-state index contributed by atoms with van der Waals surface area (Å²) in [6.45, 7) is 12.2. The lowest BCUT2D eigenvalue weighted by Gasteiger charge is -2.18. The highest BCUT2D eigenvalue weighted by atomic mass is 35.5. The van der Waals surface area contributed by atoms with E-state index in [0.29, 0.717) is 28.6 Å². The van der Waals surface area contributed by atoms with E-state index >= 15 is 0 Å². The highest BCUT2D eigenvalue weighted by molar-refractivity contribution is 6.32. The number of hydrogen-bond donors (Lipinski definition) is 1. The molecule has 0 radical (unpaired) electrons. The van der Waals surface area contributed by atoms with Gasteiger partial charge in [0.05, 0.1) is 18.2 Å². The molecule has 1 unspecified atom stereocenters. The first-order chi connectivity index (χ1) is 15.2. The van der Waals surface area contributed by atoms with Crippen molar-refractivity contribution in [3.05, 3.63) is 35.4 Å². The molecule has 0 heterocycles. The first-order valence-electron chi connectivity index (χ1n) is 11.5. The zero-order chi connectivity index (χ0) is 23.9. The highest BCUT2D eigenvalue weighted by Crippen LogP contribution is 2.28. The van der Waals surface area contributed by atoms with Crippen LogP contribution < -0.4 is 10.1 Å². The van der Waals surface area contributed by atoms with E-state index in [2.05, 4.69) is 18.8 Å². The number of anilines is 1. The second-order valence-corrected chi connectivity index (χ2v) is 8.80. The lowest BCUT2D eigenvalue weighted by molar-refractivity contribution is -0.152. The molecule has 6 nitrogen and oxygen atoms in total. The van der Waals surface area contributed by atoms with Crippen LogP contribution in [0.3, 0.4) is 0 Å². The lowest BCUT2D eigenvalue weighted by Crippen LogP contribution is -2.32. The summed E-state index contributed by atoms with van der Waals surface area (Å²) in [7, 11) is 0. The summed E-state index contributed by atoms with van der Waals surface area (Å²) in [6.07, 6.45) is 6.38. The fraction of sp³-hybridized carbons (Fsp3) is 0.600. The molecule has 0 aliphatic carbocycles. The fourth-order valence-electron chi connectivity index (χ4n) is 2.86. The second-order valence-electron chi connectivity index (χ2n) is 8.40. The Balaban J connectivity index is 2.54. The van der Waals surface area contributed by atoms with Gasteiger partial charge >= 0.3 is 12.1 Å². The van der Waals surface area contributed by atoms with E-state index in [0.717, 1.165) is 12.8 Å². The monoisotopic (exact) mass is 467 g/mol. The van der Waals surface area contributed by atoms with Crippen molar-refractivity contribution in [2.24, 2.45) is 5.92 Å². The number of halogens is 1. The van der Waals surface area contributed by atoms with Gasteiger partial charge in [-0.1, -0.05) is 77.5 Å². The molecule has 180 valence electrons. The quantitative estimate of drug-likeness (QED) is 0.168. The number of amides is 1. The minimum Gasteiger partial charge on any atom is -0.492 e. The molecular weight excluding hydrogens is 430 g/mol. The molecule has 0 saturated heterocycles. The van der Waals surface area contributed by atoms with Crippen molar-refractivity contribution in [1.82, 2.24) is 0 Å². The minimum atomic E-state index is -1.17. The first-order valence-corrected chi connectivity index (χ1v) is 11.8. The molecule has 1 amide bonds. The minimum absolute atomic E-state index is 0.173. The Labute approximate surface area is 197 Å². The van der Waals surface area contributed by atoms with Crippen LogP contribution in [0.5, 0.6) is 5.75 Å². The van der Waals surface area contributed by atoms with Crippen molar-refractivity contribution in [3.8, 4) is 5.75 Å². The van der Waals surface area contributed by atoms with Crippen molar-refractivity contribution in [1.29, 1.82) is 0 Å². The Kier molecular flexibility index (Phi) is 13.5. The van der Waals surface area contributed by atoms with Crippen molar-refractivity contribution in [3.63, 3.8) is 0 Å². The maximum atomic E-state index is 12.3. The summed E-state index contributed by atoms with van der Waals surface area (Å²) in [4.78, 5) is 24.5. The number of ether oxygens (including phenoxy) is 3. The topological polar surface area (TPSA) is 73.9 Å². The Morgan fingerprint density at radius 2 is 1.75 bits per heavy atom. The smallest absolute Gasteiger partial charge is 0.412 e. The molecule has 0 aliphatic rings. The van der Waals surface area contributed by atoms with Crippen molar-refractivity contribution < 1.29 is 23.8 Å². The van der Waals surface area contributed by atoms with Gasteiger partial charge in [0.2, 0.25) is 6.10 Å². The van der Waals surface area contributed by atoms with Gasteiger partial charge in [-0.2, -0.15) is 0 Å². The molecule has 1 rings (SSSR count). The molecule has 1 atom stereocenters. The number of unbranched alkanes of at least 4 members (excludes halogenated alkanes) is 6. The highest BCUT2D eigenvalue weighted by Gasteiger charge is 2.26. The summed E-state index contributed by atoms with van der Waals surface area (Å²) < 4.78 is 16.2. The number of rotatable bonds is 15. The molecule has 0 fully saturated rings. The number of nitrogens with one attached hydrogen (secondary N) is 1. The van der Waals surface area contributed by atoms with Crippen LogP contribution in [0.15, 0.2) is 30.4 Å². The van der Waals surface area contributed by atoms with Crippen LogP contribution in [0, 0.1) is 5.92 Å². The molecule has 0 spiro atoms. The van der Waals surface area contributed by atoms with Gasteiger partial charge in [0.15, 0.2) is 0 Å². The summed E-state index contributed by atoms with van der Waals surface area (Å²) >= 11 is 6.22. The third kappa shape index (κ3) is 11.4. The zero-order valence-corrected chi connectivity index (χ0v) is 20.6. The Morgan fingerprint density at radius 3 is 2.38 bits per heavy atom. The standard InChI is InChI=1S/C25H38ClNO5/c1-6-7-8-9-10-11-12-15-30-22-16-20(13-14-21(22)26)27-25(29)32-23(19(4)5)24(28)31-17-18(2)3/h13-14,16,18,23H,4,6-12,15,17H2,1-3,5H3,(H,27,29). The van der Waals surface area contributed by atoms with Crippen molar-refractivity contribution in [2.45, 2.75) is 78.7 Å². The van der Waals surface area contributed by atoms with E-state index in [1.807, 2.05) is 13.8 Å². The molecule has 32 heavy (non-hydrogen) atoms. The van der Waals surface area contributed by atoms with Gasteiger partial charge in [-0.15, -0.1) is 0 Å². The van der Waals surface area contributed by atoms with Gasteiger partial charge in [-0.25, -0.2) is 9.59 Å². The average Bonchev–Trinajstić information content (AvgIpc) is 2.74. The summed E-state index contributed by atoms with van der Waals surface area (Å²) in [5, 5.41) is 3.06. The third-order valence-electron chi connectivity index (χ3n) is 4.63. The van der Waals surface area contributed by atoms with Crippen LogP contribution >= 0.6 is 11.6 Å². The van der Waals surface area contributed by atoms with E-state index in [4.69, 9.17) is 25.8 Å². The number of hydrogen-bond acceptors (Lipinski definition) is 5. The SMILES string of the molecule is C=C(C)C(OC(=O)Nc1ccc(Cl)c(OCCCCCCCCC)c1)C(=O)OCC(C)C. The van der Waals surface area contributed by atoms with Gasteiger partial charge in [-0.05, 0) is 37.0 Å². The van der Waals surface area contributed by atoms with E-state index in [-0.39, 0.29) is 12.5 Å². The van der Waals surface area contributed by atoms with Crippen LogP contribution in [0.2, 0.25) is 5.02 Å². The molecule has 0 aromatic heterocycles. The number of esters is 1. The molecule has 0 bridgehead atoms. The van der Waals surface area contributed by atoms with Gasteiger partial charge in [0.1, 0.15) is 5.75 Å². The van der Waals surface area contributed by atoms with Gasteiger partial charge in [-0.3, -0.25) is 5.32 Å². The molecular formula is C25H38ClNO5. The van der Waals surface area contributed by atoms with E-state index in [9.17, 15) is 9.59 Å². The predicted molar refractivity (Wildman–Crippen MR) is 129 cm³/mol. The normalized spacial score (nSPS) is 11.7. The molecule has 1 N–H and O–H groups in total. The van der Waals surface area contributed by atoms with Crippen LogP contribution in [0.25, 0.3) is 0 Å². The summed E-state index contributed by atoms with van der Waals surface area (Å²) in [5.41, 5.74) is 0.828. The molecule has 1 aromatic carbocycles. The summed E-state index contributed by atoms with van der Waals surface area (Å²) in [6, 6.07) is 4.92. The zero-order valence-electron chi connectivity index (χ0n) is 19.9. The maximum Gasteiger partial charge on any atom is 0.412 e. The third-order valence-corrected chi connectivity index (χ3v) is 4.94. The molecule has 0 saturated carbocycles. The van der Waals surface area contributed by atoms with E-state index in [1.165, 1.54) is 32.1 Å². The van der Waals surface area contributed by atoms with Crippen molar-refractivity contribution in [2.75, 3.05) is 18.5 Å². The first kappa shape index (κ1) is 27.8. The fourth-order valence-corrected chi connectivity index (χ4v) is 3.03. The van der Waals surface area contributed by atoms with E-state index < -0.39 is 18.2 Å². The number of benzene rings is 1. The maximum absolute atomic E-state index is 12.3. The average molecular weight is 468 g/mol. The second kappa shape index (κ2) is 15.6. The van der Waals surface area contributed by atoms with Crippen LogP contribution in [-0.2, 0) is 14.3 Å². The van der Waals surface area contributed by atoms with Crippen LogP contribution in [-0.4, -0.2) is 31.4 Å². The van der Waals surface area contributed by atoms with Crippen LogP contribution in [0.4, 0.5) is 10.5 Å². The number of carbonyl (C=O) groups is 2. The molecule has 1 aromatic rings. The van der Waals surface area contributed by atoms with Crippen molar-refractivity contribution >= 4 is 29.4 Å². The summed E-state index contributed by atoms with van der Waals surface area (Å²) in [5.74, 6) is 0.0199. The van der Waals surface area contributed by atoms with Crippen LogP contribution in [0.1, 0.15) is 72.6 Å². The molecule has 7 heteroatoms. The number of carbonyl (C=O) groups excluding carboxylic acids is 2. The van der Waals surface area contributed by atoms with Gasteiger partial charge in [0.25, 0.3) is 0 Å². The molecule has 0 aliphatic heterocycles. The van der Waals surface area contributed by atoms with E-state index in [1.54, 1.807) is 25.1 Å². The Bertz CT molecular complexity index is 735. The van der Waals surface area contributed by atoms with Gasteiger partial charge in [0, 0.05) is 11.8 Å².